The topological polar surface area (TPSA) is 95.5 Å². The lowest BCUT2D eigenvalue weighted by Gasteiger charge is -2.24. The van der Waals surface area contributed by atoms with Gasteiger partial charge in [-0.2, -0.15) is 0 Å². The second-order valence-corrected chi connectivity index (χ2v) is 7.27. The number of allylic oxidation sites excluding steroid dienone is 2. The molecule has 2 rings (SSSR count). The van der Waals surface area contributed by atoms with Crippen LogP contribution in [0.25, 0.3) is 0 Å². The molecule has 3 N–H and O–H groups in total. The Morgan fingerprint density at radius 2 is 1.56 bits per heavy atom. The van der Waals surface area contributed by atoms with Gasteiger partial charge in [0.25, 0.3) is 0 Å². The van der Waals surface area contributed by atoms with E-state index in [1.807, 2.05) is 26.8 Å². The highest BCUT2D eigenvalue weighted by atomic mass is 16.4. The molecule has 134 valence electrons. The van der Waals surface area contributed by atoms with Gasteiger partial charge in [0, 0.05) is 16.8 Å². The summed E-state index contributed by atoms with van der Waals surface area (Å²) < 4.78 is 0. The van der Waals surface area contributed by atoms with Crippen molar-refractivity contribution in [2.24, 2.45) is 17.3 Å². The fraction of sp³-hybridized carbons (Fsp3) is 0.421. The summed E-state index contributed by atoms with van der Waals surface area (Å²) in [5.74, 6) is -2.73. The van der Waals surface area contributed by atoms with E-state index in [9.17, 15) is 19.5 Å². The predicted octanol–water partition coefficient (Wildman–Crippen LogP) is 3.28. The average molecular weight is 344 g/mol. The number of carboxylic acids is 1. The smallest absolute Gasteiger partial charge is 0.307 e. The van der Waals surface area contributed by atoms with Crippen LogP contribution in [0.1, 0.15) is 33.6 Å². The molecule has 0 spiro atoms. The third-order valence-electron chi connectivity index (χ3n) is 4.16. The van der Waals surface area contributed by atoms with Gasteiger partial charge in [-0.1, -0.05) is 39.0 Å². The second-order valence-electron chi connectivity index (χ2n) is 7.27. The highest BCUT2D eigenvalue weighted by Crippen LogP contribution is 2.28. The van der Waals surface area contributed by atoms with Crippen LogP contribution in [0.4, 0.5) is 11.4 Å². The molecule has 2 atom stereocenters. The minimum atomic E-state index is -0.962. The van der Waals surface area contributed by atoms with Crippen molar-refractivity contribution in [3.8, 4) is 0 Å². The number of carboxylic acid groups (broad SMARTS) is 1. The first kappa shape index (κ1) is 18.7. The summed E-state index contributed by atoms with van der Waals surface area (Å²) in [6.07, 6.45) is 4.40. The number of anilines is 2. The Morgan fingerprint density at radius 1 is 1.00 bits per heavy atom. The average Bonchev–Trinajstić information content (AvgIpc) is 2.54. The van der Waals surface area contributed by atoms with Crippen molar-refractivity contribution in [3.05, 3.63) is 36.4 Å². The molecule has 0 fully saturated rings. The maximum Gasteiger partial charge on any atom is 0.307 e. The monoisotopic (exact) mass is 344 g/mol. The first-order chi connectivity index (χ1) is 11.7. The Balaban J connectivity index is 2.08. The molecule has 0 saturated heterocycles. The number of rotatable bonds is 4. The van der Waals surface area contributed by atoms with Crippen molar-refractivity contribution in [2.75, 3.05) is 10.6 Å². The Bertz CT molecular complexity index is 704. The van der Waals surface area contributed by atoms with Crippen molar-refractivity contribution >= 4 is 29.2 Å². The molecule has 0 radical (unpaired) electrons. The molecule has 1 aliphatic rings. The lowest BCUT2D eigenvalue weighted by Crippen LogP contribution is -2.34. The fourth-order valence-corrected chi connectivity index (χ4v) is 2.61. The number of amides is 2. The largest absolute Gasteiger partial charge is 0.481 e. The van der Waals surface area contributed by atoms with E-state index in [-0.39, 0.29) is 11.8 Å². The minimum absolute atomic E-state index is 0.126. The van der Waals surface area contributed by atoms with Crippen molar-refractivity contribution < 1.29 is 19.5 Å². The van der Waals surface area contributed by atoms with E-state index in [0.29, 0.717) is 24.2 Å². The van der Waals surface area contributed by atoms with E-state index in [2.05, 4.69) is 10.6 Å². The first-order valence-corrected chi connectivity index (χ1v) is 8.28. The fourth-order valence-electron chi connectivity index (χ4n) is 2.61. The zero-order valence-electron chi connectivity index (χ0n) is 14.7. The molecule has 0 bridgehead atoms. The molecule has 0 aromatic heterocycles. The summed E-state index contributed by atoms with van der Waals surface area (Å²) in [4.78, 5) is 35.9. The number of benzene rings is 1. The van der Waals surface area contributed by atoms with Crippen LogP contribution in [0.2, 0.25) is 0 Å². The molecule has 0 aliphatic heterocycles. The highest BCUT2D eigenvalue weighted by molar-refractivity contribution is 5.97. The van der Waals surface area contributed by atoms with Crippen LogP contribution in [0, 0.1) is 17.3 Å². The predicted molar refractivity (Wildman–Crippen MR) is 96.1 cm³/mol. The molecule has 25 heavy (non-hydrogen) atoms. The summed E-state index contributed by atoms with van der Waals surface area (Å²) in [5.41, 5.74) is 0.578. The number of carbonyl (C=O) groups excluding carboxylic acids is 2. The van der Waals surface area contributed by atoms with Gasteiger partial charge in [-0.3, -0.25) is 14.4 Å². The van der Waals surface area contributed by atoms with Gasteiger partial charge in [-0.15, -0.1) is 0 Å². The molecular formula is C19H24N2O4. The molecule has 6 nitrogen and oxygen atoms in total. The van der Waals surface area contributed by atoms with Crippen LogP contribution in [-0.4, -0.2) is 22.9 Å². The maximum absolute atomic E-state index is 12.5. The van der Waals surface area contributed by atoms with Crippen LogP contribution < -0.4 is 10.6 Å². The SMILES string of the molecule is CC(C)(C)C(=O)Nc1cccc(NC(=O)[C@H]2CC=CC[C@H]2C(=O)O)c1. The van der Waals surface area contributed by atoms with Crippen molar-refractivity contribution in [1.82, 2.24) is 0 Å². The summed E-state index contributed by atoms with van der Waals surface area (Å²) in [6.45, 7) is 5.45. The Morgan fingerprint density at radius 3 is 2.12 bits per heavy atom. The molecule has 1 aromatic rings. The van der Waals surface area contributed by atoms with Crippen LogP contribution >= 0.6 is 0 Å². The molecule has 1 aliphatic carbocycles. The van der Waals surface area contributed by atoms with Gasteiger partial charge >= 0.3 is 5.97 Å². The highest BCUT2D eigenvalue weighted by Gasteiger charge is 2.34. The van der Waals surface area contributed by atoms with Crippen LogP contribution in [0.3, 0.4) is 0 Å². The van der Waals surface area contributed by atoms with Crippen LogP contribution in [0.5, 0.6) is 0 Å². The molecule has 0 heterocycles. The quantitative estimate of drug-likeness (QED) is 0.731. The molecule has 0 unspecified atom stereocenters. The van der Waals surface area contributed by atoms with Gasteiger partial charge in [0.05, 0.1) is 11.8 Å². The summed E-state index contributed by atoms with van der Waals surface area (Å²) in [5, 5.41) is 14.8. The van der Waals surface area contributed by atoms with Gasteiger partial charge in [0.15, 0.2) is 0 Å². The lowest BCUT2D eigenvalue weighted by atomic mass is 9.82. The molecule has 0 saturated carbocycles. The lowest BCUT2D eigenvalue weighted by molar-refractivity contribution is -0.146. The zero-order valence-corrected chi connectivity index (χ0v) is 14.7. The van der Waals surface area contributed by atoms with Crippen molar-refractivity contribution in [3.63, 3.8) is 0 Å². The van der Waals surface area contributed by atoms with Gasteiger partial charge in [-0.25, -0.2) is 0 Å². The number of hydrogen-bond acceptors (Lipinski definition) is 3. The number of aliphatic carboxylic acids is 1. The Labute approximate surface area is 147 Å². The zero-order chi connectivity index (χ0) is 18.6. The normalized spacial score (nSPS) is 20.0. The van der Waals surface area contributed by atoms with E-state index < -0.39 is 23.2 Å². The van der Waals surface area contributed by atoms with Crippen molar-refractivity contribution in [2.45, 2.75) is 33.6 Å². The van der Waals surface area contributed by atoms with Crippen molar-refractivity contribution in [1.29, 1.82) is 0 Å². The first-order valence-electron chi connectivity index (χ1n) is 8.28. The van der Waals surface area contributed by atoms with Gasteiger partial charge < -0.3 is 15.7 Å². The van der Waals surface area contributed by atoms with E-state index in [1.165, 1.54) is 0 Å². The summed E-state index contributed by atoms with van der Waals surface area (Å²) in [6, 6.07) is 6.83. The molecule has 6 heteroatoms. The summed E-state index contributed by atoms with van der Waals surface area (Å²) >= 11 is 0. The molecular weight excluding hydrogens is 320 g/mol. The number of carbonyl (C=O) groups is 3. The third-order valence-corrected chi connectivity index (χ3v) is 4.16. The molecule has 2 amide bonds. The van der Waals surface area contributed by atoms with Crippen LogP contribution in [0.15, 0.2) is 36.4 Å². The second kappa shape index (κ2) is 7.51. The molecule has 1 aromatic carbocycles. The van der Waals surface area contributed by atoms with Gasteiger partial charge in [0.1, 0.15) is 0 Å². The van der Waals surface area contributed by atoms with E-state index in [0.717, 1.165) is 0 Å². The number of hydrogen-bond donors (Lipinski definition) is 3. The van der Waals surface area contributed by atoms with Crippen LogP contribution in [-0.2, 0) is 14.4 Å². The van der Waals surface area contributed by atoms with E-state index in [1.54, 1.807) is 30.3 Å². The third kappa shape index (κ3) is 4.92. The van der Waals surface area contributed by atoms with Gasteiger partial charge in [-0.05, 0) is 31.0 Å². The Hall–Kier alpha value is -2.63. The van der Waals surface area contributed by atoms with E-state index in [4.69, 9.17) is 0 Å². The number of nitrogens with one attached hydrogen (secondary N) is 2. The Kier molecular flexibility index (Phi) is 5.62. The maximum atomic E-state index is 12.5. The van der Waals surface area contributed by atoms with E-state index >= 15 is 0 Å². The minimum Gasteiger partial charge on any atom is -0.481 e. The standard InChI is InChI=1S/C19H24N2O4/c1-19(2,3)18(25)21-13-8-6-7-12(11-13)20-16(22)14-9-4-5-10-15(14)17(23)24/h4-8,11,14-15H,9-10H2,1-3H3,(H,20,22)(H,21,25)(H,23,24)/t14-,15+/m0/s1. The van der Waals surface area contributed by atoms with Gasteiger partial charge in [0.2, 0.25) is 11.8 Å². The summed E-state index contributed by atoms with van der Waals surface area (Å²) in [7, 11) is 0.